The summed E-state index contributed by atoms with van der Waals surface area (Å²) in [5.74, 6) is -0.00455. The van der Waals surface area contributed by atoms with Crippen molar-refractivity contribution in [2.75, 3.05) is 26.2 Å². The average molecular weight is 279 g/mol. The molecule has 1 aliphatic rings. The molecule has 0 unspecified atom stereocenters. The molecule has 0 bridgehead atoms. The molecule has 1 aromatic heterocycles. The summed E-state index contributed by atoms with van der Waals surface area (Å²) in [4.78, 5) is 30.3. The Labute approximate surface area is 118 Å². The molecule has 2 rings (SSSR count). The van der Waals surface area contributed by atoms with Crippen LogP contribution in [0.4, 0.5) is 4.79 Å². The lowest BCUT2D eigenvalue weighted by Gasteiger charge is -2.35. The van der Waals surface area contributed by atoms with E-state index in [4.69, 9.17) is 4.74 Å². The number of piperazine rings is 1. The van der Waals surface area contributed by atoms with Crippen molar-refractivity contribution in [3.63, 3.8) is 0 Å². The third kappa shape index (κ3) is 3.53. The fraction of sp³-hybridized carbons (Fsp3) is 0.571. The van der Waals surface area contributed by atoms with Crippen molar-refractivity contribution < 1.29 is 14.3 Å². The van der Waals surface area contributed by atoms with Gasteiger partial charge in [0.15, 0.2) is 0 Å². The number of carbonyl (C=O) groups excluding carboxylic acids is 2. The number of hydrogen-bond donors (Lipinski definition) is 1. The predicted octanol–water partition coefficient (Wildman–Crippen LogP) is 1.71. The molecule has 0 aromatic carbocycles. The Morgan fingerprint density at radius 2 is 1.75 bits per heavy atom. The first-order valence-corrected chi connectivity index (χ1v) is 6.77. The fourth-order valence-electron chi connectivity index (χ4n) is 2.06. The van der Waals surface area contributed by atoms with Gasteiger partial charge in [-0.3, -0.25) is 4.79 Å². The van der Waals surface area contributed by atoms with E-state index in [-0.39, 0.29) is 12.0 Å². The lowest BCUT2D eigenvalue weighted by atomic mass is 10.2. The maximum absolute atomic E-state index is 12.1. The molecular weight excluding hydrogens is 258 g/mol. The fourth-order valence-corrected chi connectivity index (χ4v) is 2.06. The van der Waals surface area contributed by atoms with E-state index < -0.39 is 5.60 Å². The van der Waals surface area contributed by atoms with E-state index in [2.05, 4.69) is 4.98 Å². The molecule has 2 heterocycles. The second-order valence-electron chi connectivity index (χ2n) is 5.86. The zero-order chi connectivity index (χ0) is 14.8. The number of ether oxygens (including phenoxy) is 1. The van der Waals surface area contributed by atoms with Crippen molar-refractivity contribution >= 4 is 12.0 Å². The van der Waals surface area contributed by atoms with Crippen molar-refractivity contribution in [3.8, 4) is 0 Å². The maximum atomic E-state index is 12.1. The summed E-state index contributed by atoms with van der Waals surface area (Å²) < 4.78 is 5.32. The Bertz CT molecular complexity index is 468. The first-order chi connectivity index (χ1) is 9.37. The molecule has 1 aromatic rings. The topological polar surface area (TPSA) is 65.6 Å². The van der Waals surface area contributed by atoms with Gasteiger partial charge in [-0.1, -0.05) is 0 Å². The SMILES string of the molecule is CC(C)(C)OC(=O)N1CCN(C(=O)c2cc[nH]c2)CC1. The Hall–Kier alpha value is -1.98. The normalized spacial score (nSPS) is 16.1. The molecule has 0 aliphatic carbocycles. The summed E-state index contributed by atoms with van der Waals surface area (Å²) in [7, 11) is 0. The van der Waals surface area contributed by atoms with E-state index >= 15 is 0 Å². The summed E-state index contributed by atoms with van der Waals surface area (Å²) in [6.45, 7) is 7.60. The monoisotopic (exact) mass is 279 g/mol. The van der Waals surface area contributed by atoms with E-state index in [0.717, 1.165) is 0 Å². The number of nitrogens with one attached hydrogen (secondary N) is 1. The van der Waals surface area contributed by atoms with Crippen LogP contribution in [0.3, 0.4) is 0 Å². The van der Waals surface area contributed by atoms with Crippen LogP contribution in [0.1, 0.15) is 31.1 Å². The average Bonchev–Trinajstić information content (AvgIpc) is 2.90. The molecule has 20 heavy (non-hydrogen) atoms. The molecule has 0 radical (unpaired) electrons. The highest BCUT2D eigenvalue weighted by Crippen LogP contribution is 2.13. The molecule has 6 nitrogen and oxygen atoms in total. The van der Waals surface area contributed by atoms with Crippen LogP contribution in [-0.2, 0) is 4.74 Å². The van der Waals surface area contributed by atoms with Crippen LogP contribution in [0.5, 0.6) is 0 Å². The van der Waals surface area contributed by atoms with Crippen molar-refractivity contribution in [1.29, 1.82) is 0 Å². The van der Waals surface area contributed by atoms with Crippen LogP contribution in [0.25, 0.3) is 0 Å². The molecule has 1 aliphatic heterocycles. The summed E-state index contributed by atoms with van der Waals surface area (Å²) in [6, 6.07) is 1.75. The Balaban J connectivity index is 1.86. The highest BCUT2D eigenvalue weighted by Gasteiger charge is 2.28. The first-order valence-electron chi connectivity index (χ1n) is 6.77. The molecule has 1 N–H and O–H groups in total. The Morgan fingerprint density at radius 3 is 2.25 bits per heavy atom. The highest BCUT2D eigenvalue weighted by molar-refractivity contribution is 5.94. The van der Waals surface area contributed by atoms with Crippen LogP contribution in [-0.4, -0.2) is 58.6 Å². The number of aromatic nitrogens is 1. The van der Waals surface area contributed by atoms with Crippen LogP contribution in [0.2, 0.25) is 0 Å². The van der Waals surface area contributed by atoms with Crippen molar-refractivity contribution in [2.45, 2.75) is 26.4 Å². The highest BCUT2D eigenvalue weighted by atomic mass is 16.6. The van der Waals surface area contributed by atoms with Gasteiger partial charge in [0.25, 0.3) is 5.91 Å². The third-order valence-corrected chi connectivity index (χ3v) is 3.06. The summed E-state index contributed by atoms with van der Waals surface area (Å²) in [6.07, 6.45) is 3.10. The first kappa shape index (κ1) is 14.4. The second kappa shape index (κ2) is 5.56. The molecule has 1 saturated heterocycles. The molecule has 110 valence electrons. The van der Waals surface area contributed by atoms with Crippen LogP contribution in [0.15, 0.2) is 18.5 Å². The van der Waals surface area contributed by atoms with Crippen molar-refractivity contribution in [2.24, 2.45) is 0 Å². The van der Waals surface area contributed by atoms with Gasteiger partial charge in [0, 0.05) is 38.6 Å². The molecule has 6 heteroatoms. The lowest BCUT2D eigenvalue weighted by Crippen LogP contribution is -2.51. The second-order valence-corrected chi connectivity index (χ2v) is 5.86. The minimum absolute atomic E-state index is 0.00455. The number of H-pyrrole nitrogens is 1. The summed E-state index contributed by atoms with van der Waals surface area (Å²) in [5.41, 5.74) is 0.158. The standard InChI is InChI=1S/C14H21N3O3/c1-14(2,3)20-13(19)17-8-6-16(7-9-17)12(18)11-4-5-15-10-11/h4-5,10,15H,6-9H2,1-3H3. The molecule has 0 saturated carbocycles. The van der Waals surface area contributed by atoms with E-state index in [9.17, 15) is 9.59 Å². The summed E-state index contributed by atoms with van der Waals surface area (Å²) >= 11 is 0. The van der Waals surface area contributed by atoms with E-state index in [1.807, 2.05) is 20.8 Å². The van der Waals surface area contributed by atoms with Crippen molar-refractivity contribution in [3.05, 3.63) is 24.0 Å². The number of nitrogens with zero attached hydrogens (tertiary/aromatic N) is 2. The lowest BCUT2D eigenvalue weighted by molar-refractivity contribution is 0.0141. The number of carbonyl (C=O) groups is 2. The zero-order valence-corrected chi connectivity index (χ0v) is 12.2. The van der Waals surface area contributed by atoms with E-state index in [0.29, 0.717) is 31.7 Å². The number of aromatic amines is 1. The smallest absolute Gasteiger partial charge is 0.410 e. The van der Waals surface area contributed by atoms with E-state index in [1.165, 1.54) is 0 Å². The zero-order valence-electron chi connectivity index (χ0n) is 12.2. The summed E-state index contributed by atoms with van der Waals surface area (Å²) in [5, 5.41) is 0. The molecule has 0 spiro atoms. The number of hydrogen-bond acceptors (Lipinski definition) is 3. The van der Waals surface area contributed by atoms with Gasteiger partial charge in [0.1, 0.15) is 5.60 Å². The van der Waals surface area contributed by atoms with Crippen LogP contribution in [0, 0.1) is 0 Å². The van der Waals surface area contributed by atoms with Gasteiger partial charge in [-0.25, -0.2) is 4.79 Å². The van der Waals surface area contributed by atoms with Crippen LogP contribution < -0.4 is 0 Å². The largest absolute Gasteiger partial charge is 0.444 e. The van der Waals surface area contributed by atoms with Gasteiger partial charge >= 0.3 is 6.09 Å². The molecule has 2 amide bonds. The Kier molecular flexibility index (Phi) is 4.01. The van der Waals surface area contributed by atoms with Gasteiger partial charge < -0.3 is 19.5 Å². The minimum Gasteiger partial charge on any atom is -0.444 e. The van der Waals surface area contributed by atoms with E-state index in [1.54, 1.807) is 28.3 Å². The van der Waals surface area contributed by atoms with Crippen LogP contribution >= 0.6 is 0 Å². The van der Waals surface area contributed by atoms with Gasteiger partial charge in [0.2, 0.25) is 0 Å². The molecule has 1 fully saturated rings. The van der Waals surface area contributed by atoms with Gasteiger partial charge in [-0.15, -0.1) is 0 Å². The van der Waals surface area contributed by atoms with Gasteiger partial charge in [-0.2, -0.15) is 0 Å². The Morgan fingerprint density at radius 1 is 1.15 bits per heavy atom. The predicted molar refractivity (Wildman–Crippen MR) is 74.5 cm³/mol. The molecular formula is C14H21N3O3. The minimum atomic E-state index is -0.491. The maximum Gasteiger partial charge on any atom is 0.410 e. The third-order valence-electron chi connectivity index (χ3n) is 3.06. The number of rotatable bonds is 1. The molecule has 0 atom stereocenters. The van der Waals surface area contributed by atoms with Gasteiger partial charge in [0.05, 0.1) is 5.56 Å². The quantitative estimate of drug-likeness (QED) is 0.851. The number of amides is 2. The van der Waals surface area contributed by atoms with Gasteiger partial charge in [-0.05, 0) is 26.8 Å². The van der Waals surface area contributed by atoms with Crippen molar-refractivity contribution in [1.82, 2.24) is 14.8 Å².